The predicted octanol–water partition coefficient (Wildman–Crippen LogP) is 2.03. The first-order chi connectivity index (χ1) is 9.43. The minimum atomic E-state index is -1.01. The van der Waals surface area contributed by atoms with Gasteiger partial charge in [-0.05, 0) is 23.6 Å². The number of carboxylic acids is 1. The van der Waals surface area contributed by atoms with Crippen LogP contribution in [0.2, 0.25) is 0 Å². The molecule has 0 aromatic heterocycles. The summed E-state index contributed by atoms with van der Waals surface area (Å²) in [5.74, 6) is -1.02. The molecule has 2 N–H and O–H groups in total. The Labute approximate surface area is 118 Å². The molecular weight excluding hydrogens is 258 g/mol. The minimum absolute atomic E-state index is 0.0714. The lowest BCUT2D eigenvalue weighted by atomic mass is 9.95. The van der Waals surface area contributed by atoms with E-state index >= 15 is 0 Å². The second-order valence-electron chi connectivity index (χ2n) is 5.04. The summed E-state index contributed by atoms with van der Waals surface area (Å²) in [5, 5.41) is 11.6. The predicted molar refractivity (Wildman–Crippen MR) is 75.8 cm³/mol. The molecule has 1 amide bonds. The molecule has 110 valence electrons. The molecule has 0 aliphatic carbocycles. The molecule has 1 aromatic carbocycles. The van der Waals surface area contributed by atoms with Crippen molar-refractivity contribution in [3.8, 4) is 5.75 Å². The maximum atomic E-state index is 11.3. The van der Waals surface area contributed by atoms with Crippen LogP contribution < -0.4 is 10.1 Å². The maximum Gasteiger partial charge on any atom is 0.311 e. The molecule has 0 fully saturated rings. The third-order valence-electron chi connectivity index (χ3n) is 2.83. The van der Waals surface area contributed by atoms with E-state index < -0.39 is 11.9 Å². The highest BCUT2D eigenvalue weighted by atomic mass is 16.5. The number of amides is 1. The molecular formula is C15H21NO4. The van der Waals surface area contributed by atoms with E-state index in [4.69, 9.17) is 4.74 Å². The lowest BCUT2D eigenvalue weighted by Gasteiger charge is -2.13. The van der Waals surface area contributed by atoms with Crippen LogP contribution in [-0.2, 0) is 9.59 Å². The number of carbonyl (C=O) groups is 2. The molecule has 20 heavy (non-hydrogen) atoms. The van der Waals surface area contributed by atoms with E-state index in [0.717, 1.165) is 0 Å². The van der Waals surface area contributed by atoms with Gasteiger partial charge in [-0.2, -0.15) is 0 Å². The van der Waals surface area contributed by atoms with E-state index in [1.54, 1.807) is 24.3 Å². The summed E-state index contributed by atoms with van der Waals surface area (Å²) in [7, 11) is 1.49. The average molecular weight is 279 g/mol. The Balaban J connectivity index is 2.77. The van der Waals surface area contributed by atoms with Crippen LogP contribution >= 0.6 is 0 Å². The van der Waals surface area contributed by atoms with Crippen molar-refractivity contribution in [3.05, 3.63) is 29.8 Å². The summed E-state index contributed by atoms with van der Waals surface area (Å²) in [6, 6.07) is 6.85. The summed E-state index contributed by atoms with van der Waals surface area (Å²) < 4.78 is 5.54. The highest BCUT2D eigenvalue weighted by Crippen LogP contribution is 2.23. The Bertz CT molecular complexity index is 453. The molecule has 0 unspecified atom stereocenters. The van der Waals surface area contributed by atoms with Crippen LogP contribution in [0.5, 0.6) is 5.75 Å². The lowest BCUT2D eigenvalue weighted by Crippen LogP contribution is -2.24. The van der Waals surface area contributed by atoms with Crippen molar-refractivity contribution in [1.29, 1.82) is 0 Å². The van der Waals surface area contributed by atoms with E-state index in [9.17, 15) is 14.7 Å². The van der Waals surface area contributed by atoms with E-state index in [1.807, 2.05) is 0 Å². The first-order valence-corrected chi connectivity index (χ1v) is 6.60. The van der Waals surface area contributed by atoms with Gasteiger partial charge in [0.25, 0.3) is 0 Å². The Morgan fingerprint density at radius 2 is 1.85 bits per heavy atom. The van der Waals surface area contributed by atoms with Gasteiger partial charge in [-0.1, -0.05) is 26.0 Å². The number of rotatable bonds is 7. The molecule has 0 saturated carbocycles. The number of nitrogens with one attached hydrogen (secondary N) is 1. The molecule has 0 aliphatic rings. The van der Waals surface area contributed by atoms with Crippen LogP contribution in [-0.4, -0.2) is 30.6 Å². The number of hydrogen-bond donors (Lipinski definition) is 2. The van der Waals surface area contributed by atoms with Crippen molar-refractivity contribution in [1.82, 2.24) is 5.32 Å². The smallest absolute Gasteiger partial charge is 0.311 e. The highest BCUT2D eigenvalue weighted by molar-refractivity contribution is 5.85. The molecule has 1 rings (SSSR count). The number of benzene rings is 1. The summed E-state index contributed by atoms with van der Waals surface area (Å²) in [4.78, 5) is 22.6. The van der Waals surface area contributed by atoms with E-state index in [2.05, 4.69) is 19.2 Å². The van der Waals surface area contributed by atoms with Gasteiger partial charge in [-0.3, -0.25) is 9.59 Å². The number of carboxylic acid groups (broad SMARTS) is 1. The molecule has 1 aromatic rings. The summed E-state index contributed by atoms with van der Waals surface area (Å²) in [6.07, 6.45) is -0.0714. The third-order valence-corrected chi connectivity index (χ3v) is 2.83. The van der Waals surface area contributed by atoms with Crippen molar-refractivity contribution < 1.29 is 19.4 Å². The molecule has 1 atom stereocenters. The quantitative estimate of drug-likeness (QED) is 0.800. The van der Waals surface area contributed by atoms with Gasteiger partial charge in [0.15, 0.2) is 0 Å². The molecule has 0 bridgehead atoms. The van der Waals surface area contributed by atoms with Crippen LogP contribution in [0.4, 0.5) is 0 Å². The van der Waals surface area contributed by atoms with Crippen molar-refractivity contribution in [2.45, 2.75) is 26.2 Å². The average Bonchev–Trinajstić information content (AvgIpc) is 2.42. The molecule has 0 radical (unpaired) electrons. The van der Waals surface area contributed by atoms with Crippen molar-refractivity contribution in [2.24, 2.45) is 5.92 Å². The third kappa shape index (κ3) is 4.91. The minimum Gasteiger partial charge on any atom is -0.493 e. The Hall–Kier alpha value is -2.04. The molecule has 0 spiro atoms. The highest BCUT2D eigenvalue weighted by Gasteiger charge is 2.22. The second-order valence-corrected chi connectivity index (χ2v) is 5.04. The number of ether oxygens (including phenoxy) is 1. The van der Waals surface area contributed by atoms with Gasteiger partial charge in [0.05, 0.1) is 12.5 Å². The van der Waals surface area contributed by atoms with Crippen LogP contribution in [0, 0.1) is 5.92 Å². The first kappa shape index (κ1) is 16.0. The zero-order valence-electron chi connectivity index (χ0n) is 12.1. The van der Waals surface area contributed by atoms with Gasteiger partial charge in [-0.25, -0.2) is 0 Å². The van der Waals surface area contributed by atoms with E-state index in [0.29, 0.717) is 23.8 Å². The summed E-state index contributed by atoms with van der Waals surface area (Å²) in [5.41, 5.74) is 0.595. The normalized spacial score (nSPS) is 12.0. The standard InChI is InChI=1S/C15H21NO4/c1-10(2)9-20-12-6-4-11(5-7-12)13(15(18)19)8-14(17)16-3/h4-7,10,13H,8-9H2,1-3H3,(H,16,17)(H,18,19)/t13-/m1/s1. The number of hydrogen-bond acceptors (Lipinski definition) is 3. The van der Waals surface area contributed by atoms with Crippen LogP contribution in [0.1, 0.15) is 31.7 Å². The summed E-state index contributed by atoms with van der Waals surface area (Å²) in [6.45, 7) is 4.72. The Kier molecular flexibility index (Phi) is 6.03. The zero-order chi connectivity index (χ0) is 15.1. The molecule has 0 aliphatic heterocycles. The zero-order valence-corrected chi connectivity index (χ0v) is 12.1. The topological polar surface area (TPSA) is 75.6 Å². The van der Waals surface area contributed by atoms with Gasteiger partial charge >= 0.3 is 5.97 Å². The van der Waals surface area contributed by atoms with Gasteiger partial charge in [0.2, 0.25) is 5.91 Å². The van der Waals surface area contributed by atoms with Gasteiger partial charge in [0.1, 0.15) is 5.75 Å². The fourth-order valence-electron chi connectivity index (χ4n) is 1.69. The monoisotopic (exact) mass is 279 g/mol. The van der Waals surface area contributed by atoms with Crippen LogP contribution in [0.25, 0.3) is 0 Å². The lowest BCUT2D eigenvalue weighted by molar-refractivity contribution is -0.140. The van der Waals surface area contributed by atoms with Crippen LogP contribution in [0.15, 0.2) is 24.3 Å². The van der Waals surface area contributed by atoms with E-state index in [1.165, 1.54) is 7.05 Å². The molecule has 0 heterocycles. The van der Waals surface area contributed by atoms with E-state index in [-0.39, 0.29) is 12.3 Å². The molecule has 5 nitrogen and oxygen atoms in total. The van der Waals surface area contributed by atoms with Gasteiger partial charge in [0, 0.05) is 13.5 Å². The molecule has 5 heteroatoms. The largest absolute Gasteiger partial charge is 0.493 e. The summed E-state index contributed by atoms with van der Waals surface area (Å²) >= 11 is 0. The molecule has 0 saturated heterocycles. The first-order valence-electron chi connectivity index (χ1n) is 6.60. The van der Waals surface area contributed by atoms with Crippen LogP contribution in [0.3, 0.4) is 0 Å². The Morgan fingerprint density at radius 1 is 1.25 bits per heavy atom. The van der Waals surface area contributed by atoms with Crippen molar-refractivity contribution in [3.63, 3.8) is 0 Å². The van der Waals surface area contributed by atoms with Gasteiger partial charge in [-0.15, -0.1) is 0 Å². The van der Waals surface area contributed by atoms with Gasteiger partial charge < -0.3 is 15.2 Å². The second kappa shape index (κ2) is 7.53. The SMILES string of the molecule is CNC(=O)C[C@@H](C(=O)O)c1ccc(OCC(C)C)cc1. The fraction of sp³-hybridized carbons (Fsp3) is 0.467. The van der Waals surface area contributed by atoms with Crippen molar-refractivity contribution in [2.75, 3.05) is 13.7 Å². The van der Waals surface area contributed by atoms with Crippen molar-refractivity contribution >= 4 is 11.9 Å². The Morgan fingerprint density at radius 3 is 2.30 bits per heavy atom. The fourth-order valence-corrected chi connectivity index (χ4v) is 1.69. The maximum absolute atomic E-state index is 11.3. The number of aliphatic carboxylic acids is 1. The number of carbonyl (C=O) groups excluding carboxylic acids is 1.